The predicted molar refractivity (Wildman–Crippen MR) is 96.1 cm³/mol. The first-order valence-electron chi connectivity index (χ1n) is 8.89. The van der Waals surface area contributed by atoms with E-state index in [0.717, 1.165) is 38.5 Å². The van der Waals surface area contributed by atoms with E-state index in [1.54, 1.807) is 0 Å². The van der Waals surface area contributed by atoms with E-state index in [2.05, 4.69) is 42.4 Å². The quantitative estimate of drug-likeness (QED) is 0.440. The van der Waals surface area contributed by atoms with Gasteiger partial charge in [0, 0.05) is 19.4 Å². The van der Waals surface area contributed by atoms with Crippen molar-refractivity contribution >= 4 is 0 Å². The molecule has 0 radical (unpaired) electrons. The van der Waals surface area contributed by atoms with Crippen LogP contribution in [0.15, 0.2) is 0 Å². The van der Waals surface area contributed by atoms with Gasteiger partial charge in [0.05, 0.1) is 12.8 Å². The van der Waals surface area contributed by atoms with E-state index in [-0.39, 0.29) is 0 Å². The molecule has 0 rings (SSSR count). The lowest BCUT2D eigenvalue weighted by atomic mass is 10.1. The van der Waals surface area contributed by atoms with Crippen molar-refractivity contribution in [3.63, 3.8) is 0 Å². The summed E-state index contributed by atoms with van der Waals surface area (Å²) in [6, 6.07) is 0. The Hall–Kier alpha value is -1.36. The Kier molecular flexibility index (Phi) is 18.4. The van der Waals surface area contributed by atoms with Gasteiger partial charge in [0.25, 0.3) is 0 Å². The second kappa shape index (κ2) is 19.6. The Morgan fingerprint density at radius 3 is 1.50 bits per heavy atom. The van der Waals surface area contributed by atoms with Crippen LogP contribution in [0.25, 0.3) is 0 Å². The summed E-state index contributed by atoms with van der Waals surface area (Å²) in [5, 5.41) is 8.65. The third-order valence-electron chi connectivity index (χ3n) is 3.34. The highest BCUT2D eigenvalue weighted by molar-refractivity contribution is 5.16. The maximum Gasteiger partial charge on any atom is 0.0702 e. The highest BCUT2D eigenvalue weighted by atomic mass is 16.2. The molecule has 22 heavy (non-hydrogen) atoms. The first kappa shape index (κ1) is 20.6. The van der Waals surface area contributed by atoms with Crippen LogP contribution < -0.4 is 0 Å². The lowest BCUT2D eigenvalue weighted by Crippen LogP contribution is -1.82. The van der Waals surface area contributed by atoms with Gasteiger partial charge in [-0.1, -0.05) is 69.1 Å². The molecule has 0 heterocycles. The maximum absolute atomic E-state index is 8.65. The van der Waals surface area contributed by atoms with Crippen molar-refractivity contribution in [2.24, 2.45) is 0 Å². The molecular weight excluding hydrogens is 268 g/mol. The van der Waals surface area contributed by atoms with E-state index >= 15 is 0 Å². The Morgan fingerprint density at radius 1 is 0.545 bits per heavy atom. The standard InChI is InChI=1S/C21H32O/c1-2-3-4-5-6-7-8-9-10-11-12-13-14-15-16-17-18-19-20-21-22/h22H,2-7,10,13,16-21H2,1H3. The Balaban J connectivity index is 3.39. The normalized spacial score (nSPS) is 9.00. The van der Waals surface area contributed by atoms with Crippen LogP contribution >= 0.6 is 0 Å². The van der Waals surface area contributed by atoms with Gasteiger partial charge in [-0.25, -0.2) is 0 Å². The SMILES string of the molecule is CCCCCCCC#CCC#CCC#CCCCCCCO. The van der Waals surface area contributed by atoms with Crippen LogP contribution in [0.3, 0.4) is 0 Å². The summed E-state index contributed by atoms with van der Waals surface area (Å²) in [6.45, 7) is 2.55. The molecule has 0 aliphatic rings. The zero-order valence-corrected chi connectivity index (χ0v) is 14.3. The monoisotopic (exact) mass is 300 g/mol. The Labute approximate surface area is 138 Å². The lowest BCUT2D eigenvalue weighted by Gasteiger charge is -1.94. The van der Waals surface area contributed by atoms with Crippen molar-refractivity contribution in [2.75, 3.05) is 6.61 Å². The van der Waals surface area contributed by atoms with Crippen LogP contribution in [0.1, 0.15) is 90.4 Å². The van der Waals surface area contributed by atoms with Crippen molar-refractivity contribution in [1.82, 2.24) is 0 Å². The molecule has 1 heteroatoms. The van der Waals surface area contributed by atoms with Gasteiger partial charge in [0.1, 0.15) is 0 Å². The third-order valence-corrected chi connectivity index (χ3v) is 3.34. The topological polar surface area (TPSA) is 20.2 Å². The third kappa shape index (κ3) is 18.6. The van der Waals surface area contributed by atoms with Gasteiger partial charge in [-0.3, -0.25) is 0 Å². The van der Waals surface area contributed by atoms with E-state index < -0.39 is 0 Å². The van der Waals surface area contributed by atoms with Gasteiger partial charge in [0.15, 0.2) is 0 Å². The summed E-state index contributed by atoms with van der Waals surface area (Å²) in [5.41, 5.74) is 0. The van der Waals surface area contributed by atoms with E-state index in [0.29, 0.717) is 19.4 Å². The molecule has 0 spiro atoms. The fourth-order valence-electron chi connectivity index (χ4n) is 2.01. The lowest BCUT2D eigenvalue weighted by molar-refractivity contribution is 0.282. The minimum absolute atomic E-state index is 0.309. The van der Waals surface area contributed by atoms with Gasteiger partial charge in [-0.05, 0) is 19.3 Å². The minimum Gasteiger partial charge on any atom is -0.396 e. The molecular formula is C21H32O. The van der Waals surface area contributed by atoms with E-state index in [1.165, 1.54) is 32.1 Å². The van der Waals surface area contributed by atoms with E-state index in [4.69, 9.17) is 5.11 Å². The molecule has 0 atom stereocenters. The average molecular weight is 300 g/mol. The largest absolute Gasteiger partial charge is 0.396 e. The molecule has 0 saturated heterocycles. The molecule has 0 fully saturated rings. The fourth-order valence-corrected chi connectivity index (χ4v) is 2.01. The Bertz CT molecular complexity index is 364. The second-order valence-corrected chi connectivity index (χ2v) is 5.47. The van der Waals surface area contributed by atoms with Crippen LogP contribution in [-0.4, -0.2) is 11.7 Å². The molecule has 0 saturated carbocycles. The molecule has 0 aromatic rings. The maximum atomic E-state index is 8.65. The van der Waals surface area contributed by atoms with Gasteiger partial charge < -0.3 is 5.11 Å². The van der Waals surface area contributed by atoms with Gasteiger partial charge in [0.2, 0.25) is 0 Å². The molecule has 0 aliphatic carbocycles. The fraction of sp³-hybridized carbons (Fsp3) is 0.714. The number of aliphatic hydroxyl groups excluding tert-OH is 1. The first-order chi connectivity index (χ1) is 10.9. The first-order valence-corrected chi connectivity index (χ1v) is 8.89. The number of aliphatic hydroxyl groups is 1. The summed E-state index contributed by atoms with van der Waals surface area (Å²) in [4.78, 5) is 0. The van der Waals surface area contributed by atoms with Gasteiger partial charge in [-0.2, -0.15) is 0 Å². The molecule has 1 nitrogen and oxygen atoms in total. The molecule has 0 aliphatic heterocycles. The van der Waals surface area contributed by atoms with Crippen LogP contribution in [-0.2, 0) is 0 Å². The van der Waals surface area contributed by atoms with Crippen molar-refractivity contribution in [3.05, 3.63) is 0 Å². The molecule has 122 valence electrons. The number of rotatable bonds is 10. The molecule has 1 N–H and O–H groups in total. The van der Waals surface area contributed by atoms with Gasteiger partial charge >= 0.3 is 0 Å². The average Bonchev–Trinajstić information content (AvgIpc) is 2.54. The minimum atomic E-state index is 0.309. The number of hydrogen-bond acceptors (Lipinski definition) is 1. The predicted octanol–water partition coefficient (Wildman–Crippen LogP) is 5.08. The zero-order valence-electron chi connectivity index (χ0n) is 14.3. The highest BCUT2D eigenvalue weighted by Gasteiger charge is 1.86. The number of hydrogen-bond donors (Lipinski definition) is 1. The van der Waals surface area contributed by atoms with Crippen LogP contribution in [0.5, 0.6) is 0 Å². The summed E-state index contributed by atoms with van der Waals surface area (Å²) in [6.07, 6.45) is 14.1. The van der Waals surface area contributed by atoms with Crippen LogP contribution in [0, 0.1) is 35.5 Å². The van der Waals surface area contributed by atoms with E-state index in [9.17, 15) is 0 Å². The zero-order chi connectivity index (χ0) is 16.1. The van der Waals surface area contributed by atoms with E-state index in [1.807, 2.05) is 0 Å². The van der Waals surface area contributed by atoms with Crippen molar-refractivity contribution < 1.29 is 5.11 Å². The van der Waals surface area contributed by atoms with Crippen molar-refractivity contribution in [1.29, 1.82) is 0 Å². The molecule has 0 aromatic heterocycles. The summed E-state index contributed by atoms with van der Waals surface area (Å²) in [7, 11) is 0. The van der Waals surface area contributed by atoms with Crippen LogP contribution in [0.4, 0.5) is 0 Å². The van der Waals surface area contributed by atoms with Crippen molar-refractivity contribution in [2.45, 2.75) is 90.4 Å². The Morgan fingerprint density at radius 2 is 1.00 bits per heavy atom. The summed E-state index contributed by atoms with van der Waals surface area (Å²) >= 11 is 0. The summed E-state index contributed by atoms with van der Waals surface area (Å²) < 4.78 is 0. The van der Waals surface area contributed by atoms with Crippen LogP contribution in [0.2, 0.25) is 0 Å². The van der Waals surface area contributed by atoms with Gasteiger partial charge in [-0.15, -0.1) is 11.8 Å². The number of unbranched alkanes of at least 4 members (excludes halogenated alkanes) is 9. The highest BCUT2D eigenvalue weighted by Crippen LogP contribution is 2.04. The smallest absolute Gasteiger partial charge is 0.0702 e. The molecule has 0 amide bonds. The molecule has 0 aromatic carbocycles. The molecule has 0 unspecified atom stereocenters. The molecule has 0 bridgehead atoms. The summed E-state index contributed by atoms with van der Waals surface area (Å²) in [5.74, 6) is 18.7. The second-order valence-electron chi connectivity index (χ2n) is 5.47. The van der Waals surface area contributed by atoms with Crippen molar-refractivity contribution in [3.8, 4) is 35.5 Å².